The number of Topliss-reactive ketones (excluding diaryl/α,β-unsaturated/α-hetero) is 2. The van der Waals surface area contributed by atoms with Crippen LogP contribution in [0.4, 0.5) is 0 Å². The third kappa shape index (κ3) is 7.71. The fourth-order valence-corrected chi connectivity index (χ4v) is 9.11. The van der Waals surface area contributed by atoms with Gasteiger partial charge < -0.3 is 18.9 Å². The number of hydrogen-bond acceptors (Lipinski definition) is 12. The van der Waals surface area contributed by atoms with Gasteiger partial charge in [-0.05, 0) is 13.8 Å². The summed E-state index contributed by atoms with van der Waals surface area (Å²) in [6.07, 6.45) is 0. The summed E-state index contributed by atoms with van der Waals surface area (Å²) in [4.78, 5) is 29.3. The SMILES string of the molecule is CCOCCOc1c2c(c(OCCOCC)c3c1SC(=C(C#N)C(=O)C(C)(C)C)S3)SC(=C(C#N)C(=O)C(C)(C)C)S2. The molecule has 0 spiro atoms. The Morgan fingerprint density at radius 2 is 0.929 bits per heavy atom. The van der Waals surface area contributed by atoms with Crippen molar-refractivity contribution >= 4 is 58.6 Å². The van der Waals surface area contributed by atoms with Gasteiger partial charge in [-0.3, -0.25) is 9.59 Å². The van der Waals surface area contributed by atoms with Crippen molar-refractivity contribution in [1.82, 2.24) is 0 Å². The number of thioether (sulfide) groups is 4. The van der Waals surface area contributed by atoms with E-state index in [0.717, 1.165) is 19.6 Å². The molecule has 0 bridgehead atoms. The third-order valence-corrected chi connectivity index (χ3v) is 11.0. The van der Waals surface area contributed by atoms with Crippen LogP contribution in [0.3, 0.4) is 0 Å². The van der Waals surface area contributed by atoms with Crippen LogP contribution in [0.5, 0.6) is 11.5 Å². The van der Waals surface area contributed by atoms with Crippen LogP contribution in [-0.4, -0.2) is 51.2 Å². The minimum absolute atomic E-state index is 0.0952. The smallest absolute Gasteiger partial charge is 0.180 e. The van der Waals surface area contributed by atoms with Gasteiger partial charge in [0.05, 0.1) is 41.3 Å². The van der Waals surface area contributed by atoms with Crippen LogP contribution in [-0.2, 0) is 19.1 Å². The second-order valence-electron chi connectivity index (χ2n) is 11.2. The maximum atomic E-state index is 13.2. The quantitative estimate of drug-likeness (QED) is 0.126. The Hall–Kier alpha value is -2.06. The van der Waals surface area contributed by atoms with Crippen LogP contribution >= 0.6 is 47.0 Å². The Bertz CT molecular complexity index is 1240. The number of carbonyl (C=O) groups is 2. The lowest BCUT2D eigenvalue weighted by Gasteiger charge is -2.18. The maximum absolute atomic E-state index is 13.2. The summed E-state index contributed by atoms with van der Waals surface area (Å²) >= 11 is 5.22. The van der Waals surface area contributed by atoms with Crippen molar-refractivity contribution in [2.75, 3.05) is 39.6 Å². The predicted octanol–water partition coefficient (Wildman–Crippen LogP) is 7.61. The molecule has 2 heterocycles. The lowest BCUT2D eigenvalue weighted by Crippen LogP contribution is -2.21. The summed E-state index contributed by atoms with van der Waals surface area (Å²) < 4.78 is 24.8. The van der Waals surface area contributed by atoms with E-state index in [4.69, 9.17) is 18.9 Å². The van der Waals surface area contributed by atoms with Crippen molar-refractivity contribution in [2.24, 2.45) is 10.8 Å². The molecule has 0 radical (unpaired) electrons. The van der Waals surface area contributed by atoms with Crippen LogP contribution < -0.4 is 9.47 Å². The second-order valence-corrected chi connectivity index (χ2v) is 15.8. The average molecular weight is 649 g/mol. The first-order chi connectivity index (χ1) is 19.8. The Morgan fingerprint density at radius 3 is 1.17 bits per heavy atom. The normalized spacial score (nSPS) is 14.1. The van der Waals surface area contributed by atoms with Gasteiger partial charge in [0.2, 0.25) is 0 Å². The second kappa shape index (κ2) is 14.6. The summed E-state index contributed by atoms with van der Waals surface area (Å²) in [5, 5.41) is 20.0. The van der Waals surface area contributed by atoms with Crippen molar-refractivity contribution in [3.05, 3.63) is 19.6 Å². The minimum atomic E-state index is -0.734. The highest BCUT2D eigenvalue weighted by Crippen LogP contribution is 2.68. The fourth-order valence-electron chi connectivity index (χ4n) is 3.69. The summed E-state index contributed by atoms with van der Waals surface area (Å²) in [5.74, 6) is 0.619. The molecule has 12 heteroatoms. The first kappa shape index (κ1) is 34.4. The molecule has 0 unspecified atom stereocenters. The van der Waals surface area contributed by atoms with Gasteiger partial charge in [0, 0.05) is 24.0 Å². The molecule has 0 N–H and O–H groups in total. The zero-order valence-corrected chi connectivity index (χ0v) is 28.5. The van der Waals surface area contributed by atoms with E-state index in [-0.39, 0.29) is 35.9 Å². The molecule has 0 saturated heterocycles. The maximum Gasteiger partial charge on any atom is 0.180 e. The molecule has 2 aliphatic rings. The van der Waals surface area contributed by atoms with Gasteiger partial charge in [0.25, 0.3) is 0 Å². The van der Waals surface area contributed by atoms with E-state index in [1.54, 1.807) is 41.5 Å². The predicted molar refractivity (Wildman–Crippen MR) is 168 cm³/mol. The minimum Gasteiger partial charge on any atom is -0.489 e. The number of ether oxygens (including phenoxy) is 4. The number of benzene rings is 1. The molecule has 226 valence electrons. The number of ketones is 2. The molecule has 0 aromatic heterocycles. The monoisotopic (exact) mass is 648 g/mol. The van der Waals surface area contributed by atoms with Crippen molar-refractivity contribution in [2.45, 2.75) is 75.0 Å². The summed E-state index contributed by atoms with van der Waals surface area (Å²) in [6.45, 7) is 16.9. The Morgan fingerprint density at radius 1 is 0.619 bits per heavy atom. The summed E-state index contributed by atoms with van der Waals surface area (Å²) in [6, 6.07) is 4.27. The number of nitrogens with zero attached hydrogens (tertiary/aromatic N) is 2. The Kier molecular flexibility index (Phi) is 12.0. The summed E-state index contributed by atoms with van der Waals surface area (Å²) in [5.41, 5.74) is -1.28. The molecule has 42 heavy (non-hydrogen) atoms. The van der Waals surface area contributed by atoms with Crippen LogP contribution in [0.1, 0.15) is 55.4 Å². The van der Waals surface area contributed by atoms with Gasteiger partial charge in [-0.1, -0.05) is 88.6 Å². The number of fused-ring (bicyclic) bond motifs is 2. The van der Waals surface area contributed by atoms with Gasteiger partial charge in [0.15, 0.2) is 11.6 Å². The van der Waals surface area contributed by atoms with Crippen molar-refractivity contribution in [3.63, 3.8) is 0 Å². The van der Waals surface area contributed by atoms with Crippen LogP contribution in [0, 0.1) is 33.5 Å². The van der Waals surface area contributed by atoms with Gasteiger partial charge in [-0.15, -0.1) is 0 Å². The van der Waals surface area contributed by atoms with Gasteiger partial charge >= 0.3 is 0 Å². The molecule has 0 amide bonds. The first-order valence-electron chi connectivity index (χ1n) is 13.5. The zero-order valence-electron chi connectivity index (χ0n) is 25.2. The van der Waals surface area contributed by atoms with Crippen molar-refractivity contribution in [3.8, 4) is 23.6 Å². The first-order valence-corrected chi connectivity index (χ1v) is 16.8. The van der Waals surface area contributed by atoms with E-state index in [2.05, 4.69) is 12.1 Å². The molecule has 0 atom stereocenters. The fraction of sp³-hybridized carbons (Fsp3) is 0.533. The van der Waals surface area contributed by atoms with Crippen molar-refractivity contribution in [1.29, 1.82) is 10.5 Å². The molecule has 3 rings (SSSR count). The Balaban J connectivity index is 2.23. The highest BCUT2D eigenvalue weighted by atomic mass is 32.2. The average Bonchev–Trinajstić information content (AvgIpc) is 3.55. The topological polar surface area (TPSA) is 119 Å². The van der Waals surface area contributed by atoms with Gasteiger partial charge in [0.1, 0.15) is 48.0 Å². The molecule has 2 aliphatic heterocycles. The van der Waals surface area contributed by atoms with E-state index in [1.165, 1.54) is 47.0 Å². The van der Waals surface area contributed by atoms with E-state index in [0.29, 0.717) is 46.4 Å². The molecule has 0 fully saturated rings. The largest absolute Gasteiger partial charge is 0.489 e. The standard InChI is InChI=1S/C30H36N2O6S4/c1-9-35-11-13-37-19-21-23(41-27(39-21)17(15-31)25(33)29(3,4)5)20(38-14-12-36-10-2)24-22(19)40-28(42-24)18(16-32)26(34)30(6,7)8/h9-14H2,1-8H3. The number of hydrogen-bond donors (Lipinski definition) is 0. The van der Waals surface area contributed by atoms with E-state index >= 15 is 0 Å². The lowest BCUT2D eigenvalue weighted by molar-refractivity contribution is -0.122. The molecular weight excluding hydrogens is 613 g/mol. The molecule has 0 aliphatic carbocycles. The number of rotatable bonds is 12. The number of carbonyl (C=O) groups excluding carboxylic acids is 2. The van der Waals surface area contributed by atoms with Gasteiger partial charge in [-0.2, -0.15) is 10.5 Å². The molecule has 1 aromatic carbocycles. The van der Waals surface area contributed by atoms with Gasteiger partial charge in [-0.25, -0.2) is 0 Å². The summed E-state index contributed by atoms with van der Waals surface area (Å²) in [7, 11) is 0. The number of allylic oxidation sites excluding steroid dienone is 2. The lowest BCUT2D eigenvalue weighted by atomic mass is 9.87. The Labute approximate surface area is 265 Å². The van der Waals surface area contributed by atoms with Crippen LogP contribution in [0.25, 0.3) is 0 Å². The van der Waals surface area contributed by atoms with Crippen LogP contribution in [0.2, 0.25) is 0 Å². The zero-order chi connectivity index (χ0) is 31.2. The van der Waals surface area contributed by atoms with E-state index < -0.39 is 10.8 Å². The molecular formula is C30H36N2O6S4. The highest BCUT2D eigenvalue weighted by Gasteiger charge is 2.41. The van der Waals surface area contributed by atoms with E-state index in [1.807, 2.05) is 13.8 Å². The molecule has 8 nitrogen and oxygen atoms in total. The van der Waals surface area contributed by atoms with E-state index in [9.17, 15) is 20.1 Å². The number of nitriles is 2. The third-order valence-electron chi connectivity index (χ3n) is 5.82. The van der Waals surface area contributed by atoms with Crippen molar-refractivity contribution < 1.29 is 28.5 Å². The molecule has 0 saturated carbocycles. The molecule has 1 aromatic rings. The van der Waals surface area contributed by atoms with Crippen LogP contribution in [0.15, 0.2) is 39.2 Å². The highest BCUT2D eigenvalue weighted by molar-refractivity contribution is 8.26.